The average Bonchev–Trinajstić information content (AvgIpc) is 3.10. The van der Waals surface area contributed by atoms with Crippen molar-refractivity contribution in [2.75, 3.05) is 10.6 Å². The molecule has 0 saturated heterocycles. The molecule has 284 valence electrons. The standard InChI is InChI=1S/C32H21ClF2N6O11S3.3Na/c33-25-29(34)38-32(35)39-30(25)36-14-16-7-4-8-20-19(16)9-10-21(28(20)55(50,51)52)40-41-26-23(54(47,48)49)12-17-11-18(53(44,45)46)13-22(24(17)27(26)42)37-31(43)15-5-2-1-3-6-15;;;/h1-13,42H,14H2,(H,37,43)(H,36,38,39)(H,44,45,46)(H,47,48,49)(H,50,51,52);;;/q;3*+1/p-3. The molecule has 1 heterocycles. The summed E-state index contributed by atoms with van der Waals surface area (Å²) < 4.78 is 139. The molecule has 0 fully saturated rings. The molecule has 0 saturated carbocycles. The van der Waals surface area contributed by atoms with Crippen molar-refractivity contribution in [2.45, 2.75) is 21.2 Å². The molecule has 0 atom stereocenters. The monoisotopic (exact) mass is 900 g/mol. The van der Waals surface area contributed by atoms with Gasteiger partial charge >= 0.3 is 94.8 Å². The van der Waals surface area contributed by atoms with Crippen LogP contribution in [0.15, 0.2) is 104 Å². The third-order valence-corrected chi connectivity index (χ3v) is 10.7. The number of hydrogen-bond donors (Lipinski definition) is 3. The quantitative estimate of drug-likeness (QED) is 0.0395. The predicted octanol–water partition coefficient (Wildman–Crippen LogP) is -3.58. The summed E-state index contributed by atoms with van der Waals surface area (Å²) in [7, 11) is -16.4. The van der Waals surface area contributed by atoms with Crippen molar-refractivity contribution in [1.29, 1.82) is 0 Å². The summed E-state index contributed by atoms with van der Waals surface area (Å²) in [4.78, 5) is 15.9. The maximum Gasteiger partial charge on any atom is 1.00 e. The zero-order valence-corrected chi connectivity index (χ0v) is 39.1. The summed E-state index contributed by atoms with van der Waals surface area (Å²) in [5.41, 5.74) is -2.10. The first kappa shape index (κ1) is 49.6. The number of fused-ring (bicyclic) bond motifs is 2. The molecule has 17 nitrogen and oxygen atoms in total. The van der Waals surface area contributed by atoms with Crippen molar-refractivity contribution in [1.82, 2.24) is 9.97 Å². The number of nitrogens with one attached hydrogen (secondary N) is 2. The van der Waals surface area contributed by atoms with E-state index in [1.807, 2.05) is 0 Å². The van der Waals surface area contributed by atoms with Gasteiger partial charge in [-0.25, -0.2) is 25.3 Å². The van der Waals surface area contributed by atoms with Gasteiger partial charge in [-0.3, -0.25) is 4.79 Å². The van der Waals surface area contributed by atoms with Crippen molar-refractivity contribution in [2.24, 2.45) is 10.2 Å². The number of aromatic nitrogens is 2. The Morgan fingerprint density at radius 3 is 2.09 bits per heavy atom. The molecule has 5 aromatic carbocycles. The van der Waals surface area contributed by atoms with Crippen LogP contribution in [0.5, 0.6) is 5.75 Å². The summed E-state index contributed by atoms with van der Waals surface area (Å²) >= 11 is 5.80. The normalized spacial score (nSPS) is 11.8. The van der Waals surface area contributed by atoms with Gasteiger partial charge in [0.1, 0.15) is 46.8 Å². The number of phenolic OH excluding ortho intramolecular Hbond substituents is 1. The zero-order chi connectivity index (χ0) is 40.0. The molecule has 1 amide bonds. The third-order valence-electron chi connectivity index (χ3n) is 7.78. The number of benzene rings is 5. The van der Waals surface area contributed by atoms with Gasteiger partial charge in [0.25, 0.3) is 5.91 Å². The van der Waals surface area contributed by atoms with E-state index in [2.05, 4.69) is 30.8 Å². The summed E-state index contributed by atoms with van der Waals surface area (Å²) in [6.07, 6.45) is -1.43. The Labute approximate surface area is 398 Å². The second-order valence-electron chi connectivity index (χ2n) is 11.2. The van der Waals surface area contributed by atoms with Crippen LogP contribution in [-0.4, -0.2) is 59.9 Å². The van der Waals surface area contributed by atoms with Crippen LogP contribution in [0.3, 0.4) is 0 Å². The van der Waals surface area contributed by atoms with Gasteiger partial charge in [0, 0.05) is 22.9 Å². The first-order valence-electron chi connectivity index (χ1n) is 14.9. The molecule has 6 aromatic rings. The summed E-state index contributed by atoms with van der Waals surface area (Å²) in [6.45, 7) is -0.277. The fraction of sp³-hybridized carbons (Fsp3) is 0.0312. The van der Waals surface area contributed by atoms with E-state index in [4.69, 9.17) is 11.6 Å². The van der Waals surface area contributed by atoms with Gasteiger partial charge in [0.2, 0.25) is 5.95 Å². The maximum atomic E-state index is 13.8. The van der Waals surface area contributed by atoms with Crippen molar-refractivity contribution in [3.8, 4) is 5.75 Å². The Hall–Kier alpha value is -2.75. The number of rotatable bonds is 10. The number of azo groups is 1. The number of aromatic hydroxyl groups is 1. The molecule has 0 radical (unpaired) electrons. The fourth-order valence-corrected chi connectivity index (χ4v) is 7.59. The number of carbonyl (C=O) groups excluding carboxylic acids is 1. The van der Waals surface area contributed by atoms with Crippen molar-refractivity contribution in [3.05, 3.63) is 107 Å². The number of nitrogens with zero attached hydrogens (tertiary/aromatic N) is 4. The van der Waals surface area contributed by atoms with E-state index in [0.717, 1.165) is 6.07 Å². The molecule has 0 bridgehead atoms. The molecule has 0 aliphatic rings. The average molecular weight is 901 g/mol. The minimum absolute atomic E-state index is 0. The number of hydrogen-bond acceptors (Lipinski definition) is 16. The van der Waals surface area contributed by atoms with E-state index in [9.17, 15) is 57.6 Å². The number of phenols is 1. The number of anilines is 2. The largest absolute Gasteiger partial charge is 1.00 e. The SMILES string of the molecule is O=C(Nc1cc(S(=O)(=O)[O-])cc2cc(S(=O)(=O)[O-])c(N=Nc3ccc4c(CNc5nc(F)nc(F)c5Cl)cccc4c3S(=O)(=O)[O-])c(O)c12)c1ccccc1.[Na+].[Na+].[Na+]. The van der Waals surface area contributed by atoms with Crippen molar-refractivity contribution in [3.63, 3.8) is 0 Å². The van der Waals surface area contributed by atoms with E-state index in [-0.39, 0.29) is 117 Å². The molecule has 0 unspecified atom stereocenters. The number of amides is 1. The second-order valence-corrected chi connectivity index (χ2v) is 15.7. The topological polar surface area (TPSA) is 283 Å². The van der Waals surface area contributed by atoms with Crippen LogP contribution in [0, 0.1) is 12.0 Å². The molecule has 0 aliphatic carbocycles. The van der Waals surface area contributed by atoms with Crippen molar-refractivity contribution >= 4 is 92.3 Å². The Kier molecular flexibility index (Phi) is 16.5. The predicted molar refractivity (Wildman–Crippen MR) is 186 cm³/mol. The fourth-order valence-electron chi connectivity index (χ4n) is 5.45. The molecule has 26 heteroatoms. The van der Waals surface area contributed by atoms with Crippen LogP contribution in [0.1, 0.15) is 15.9 Å². The molecule has 0 spiro atoms. The first-order chi connectivity index (χ1) is 25.7. The molecule has 6 rings (SSSR count). The third kappa shape index (κ3) is 10.8. The van der Waals surface area contributed by atoms with E-state index < -0.39 is 107 Å². The van der Waals surface area contributed by atoms with Crippen molar-refractivity contribution < 1.29 is 146 Å². The maximum absolute atomic E-state index is 13.8. The Morgan fingerprint density at radius 2 is 1.47 bits per heavy atom. The van der Waals surface area contributed by atoms with E-state index in [1.54, 1.807) is 6.07 Å². The van der Waals surface area contributed by atoms with E-state index >= 15 is 0 Å². The summed E-state index contributed by atoms with van der Waals surface area (Å²) in [6, 6.07) is 15.4. The van der Waals surface area contributed by atoms with Gasteiger partial charge in [-0.1, -0.05) is 54.1 Å². The Morgan fingerprint density at radius 1 is 0.793 bits per heavy atom. The van der Waals surface area contributed by atoms with E-state index in [0.29, 0.717) is 18.2 Å². The van der Waals surface area contributed by atoms with Gasteiger partial charge in [-0.05, 0) is 52.7 Å². The summed E-state index contributed by atoms with van der Waals surface area (Å²) in [5.74, 6) is -3.87. The molecule has 58 heavy (non-hydrogen) atoms. The Bertz CT molecular complexity index is 2980. The van der Waals surface area contributed by atoms with Crippen LogP contribution in [0.2, 0.25) is 5.02 Å². The van der Waals surface area contributed by atoms with Crippen LogP contribution < -0.4 is 99.3 Å². The van der Waals surface area contributed by atoms with Crippen LogP contribution in [-0.2, 0) is 36.9 Å². The van der Waals surface area contributed by atoms with Crippen LogP contribution in [0.4, 0.5) is 31.7 Å². The minimum atomic E-state index is -5.63. The minimum Gasteiger partial charge on any atom is -0.744 e. The number of halogens is 3. The van der Waals surface area contributed by atoms with Gasteiger partial charge < -0.3 is 29.4 Å². The number of carbonyl (C=O) groups is 1. The molecule has 0 aliphatic heterocycles. The van der Waals surface area contributed by atoms with Gasteiger partial charge in [-0.2, -0.15) is 18.7 Å². The molecule has 1 aromatic heterocycles. The first-order valence-corrected chi connectivity index (χ1v) is 19.5. The van der Waals surface area contributed by atoms with Gasteiger partial charge in [0.05, 0.1) is 20.4 Å². The molecular weight excluding hydrogens is 883 g/mol. The molecular formula is C32H18ClF2N6Na3O11S3. The molecule has 3 N–H and O–H groups in total. The van der Waals surface area contributed by atoms with E-state index in [1.165, 1.54) is 48.5 Å². The van der Waals surface area contributed by atoms with Crippen LogP contribution >= 0.6 is 11.6 Å². The van der Waals surface area contributed by atoms with Crippen LogP contribution in [0.25, 0.3) is 21.5 Å². The van der Waals surface area contributed by atoms with Gasteiger partial charge in [-0.15, -0.1) is 10.2 Å². The Balaban J connectivity index is 0.00000300. The second kappa shape index (κ2) is 19.3. The smallest absolute Gasteiger partial charge is 0.744 e. The zero-order valence-electron chi connectivity index (χ0n) is 29.9. The summed E-state index contributed by atoms with van der Waals surface area (Å²) in [5, 5.41) is 21.8. The van der Waals surface area contributed by atoms with Gasteiger partial charge in [0.15, 0.2) is 11.6 Å².